The number of hydrogen-bond acceptors (Lipinski definition) is 3. The number of halogens is 2. The lowest BCUT2D eigenvalue weighted by Crippen LogP contribution is -2.48. The molecule has 1 N–H and O–H groups in total. The van der Waals surface area contributed by atoms with Gasteiger partial charge in [-0.3, -0.25) is 14.5 Å². The maximum Gasteiger partial charge on any atom is 0.317 e. The van der Waals surface area contributed by atoms with Gasteiger partial charge >= 0.3 is 5.97 Å². The number of nitrogens with zero attached hydrogens (tertiary/aromatic N) is 2. The van der Waals surface area contributed by atoms with E-state index in [1.54, 1.807) is 4.90 Å². The van der Waals surface area contributed by atoms with Crippen LogP contribution in [0.5, 0.6) is 0 Å². The lowest BCUT2D eigenvalue weighted by molar-refractivity contribution is -0.140. The molecule has 1 saturated heterocycles. The van der Waals surface area contributed by atoms with Crippen molar-refractivity contribution < 1.29 is 23.5 Å². The third-order valence-electron chi connectivity index (χ3n) is 4.69. The highest BCUT2D eigenvalue weighted by Crippen LogP contribution is 2.18. The smallest absolute Gasteiger partial charge is 0.317 e. The number of piperidine rings is 1. The SMILES string of the molecule is CCN(CC(=O)O)C1CCN(C(=O)CCc2cc(F)ccc2F)CC1. The first-order valence-corrected chi connectivity index (χ1v) is 8.58. The van der Waals surface area contributed by atoms with Crippen molar-refractivity contribution in [1.82, 2.24) is 9.80 Å². The summed E-state index contributed by atoms with van der Waals surface area (Å²) < 4.78 is 26.8. The zero-order chi connectivity index (χ0) is 18.4. The molecular weight excluding hydrogens is 330 g/mol. The fraction of sp³-hybridized carbons (Fsp3) is 0.556. The van der Waals surface area contributed by atoms with Gasteiger partial charge in [0.25, 0.3) is 0 Å². The molecule has 1 fully saturated rings. The van der Waals surface area contributed by atoms with Crippen LogP contribution < -0.4 is 0 Å². The molecule has 0 saturated carbocycles. The van der Waals surface area contributed by atoms with E-state index in [2.05, 4.69) is 0 Å². The van der Waals surface area contributed by atoms with Gasteiger partial charge in [-0.15, -0.1) is 0 Å². The Kier molecular flexibility index (Phi) is 6.87. The van der Waals surface area contributed by atoms with Crippen LogP contribution >= 0.6 is 0 Å². The molecule has 0 atom stereocenters. The number of amides is 1. The molecule has 138 valence electrons. The summed E-state index contributed by atoms with van der Waals surface area (Å²) in [5, 5.41) is 8.94. The summed E-state index contributed by atoms with van der Waals surface area (Å²) in [4.78, 5) is 26.8. The number of aliphatic carboxylic acids is 1. The summed E-state index contributed by atoms with van der Waals surface area (Å²) in [7, 11) is 0. The second-order valence-corrected chi connectivity index (χ2v) is 6.30. The largest absolute Gasteiger partial charge is 0.480 e. The van der Waals surface area contributed by atoms with Gasteiger partial charge in [0.2, 0.25) is 5.91 Å². The highest BCUT2D eigenvalue weighted by Gasteiger charge is 2.27. The minimum Gasteiger partial charge on any atom is -0.480 e. The van der Waals surface area contributed by atoms with E-state index in [1.807, 2.05) is 11.8 Å². The van der Waals surface area contributed by atoms with Crippen LogP contribution in [0.4, 0.5) is 8.78 Å². The van der Waals surface area contributed by atoms with E-state index in [4.69, 9.17) is 5.11 Å². The van der Waals surface area contributed by atoms with Gasteiger partial charge in [-0.2, -0.15) is 0 Å². The van der Waals surface area contributed by atoms with Crippen molar-refractivity contribution in [1.29, 1.82) is 0 Å². The van der Waals surface area contributed by atoms with Crippen LogP contribution in [0, 0.1) is 11.6 Å². The molecule has 25 heavy (non-hydrogen) atoms. The molecule has 0 aliphatic carbocycles. The molecular formula is C18H24F2N2O3. The number of rotatable bonds is 7. The predicted octanol–water partition coefficient (Wildman–Crippen LogP) is 2.29. The zero-order valence-electron chi connectivity index (χ0n) is 14.4. The predicted molar refractivity (Wildman–Crippen MR) is 89.2 cm³/mol. The van der Waals surface area contributed by atoms with Crippen LogP contribution in [0.1, 0.15) is 31.7 Å². The number of carbonyl (C=O) groups is 2. The Bertz CT molecular complexity index is 616. The van der Waals surface area contributed by atoms with Crippen LogP contribution in [0.2, 0.25) is 0 Å². The van der Waals surface area contributed by atoms with Crippen molar-refractivity contribution in [3.8, 4) is 0 Å². The first kappa shape index (κ1) is 19.3. The van der Waals surface area contributed by atoms with E-state index >= 15 is 0 Å². The van der Waals surface area contributed by atoms with Crippen molar-refractivity contribution in [2.24, 2.45) is 0 Å². The Balaban J connectivity index is 1.82. The number of aryl methyl sites for hydroxylation is 1. The highest BCUT2D eigenvalue weighted by molar-refractivity contribution is 5.76. The van der Waals surface area contributed by atoms with Gasteiger partial charge in [0.05, 0.1) is 6.54 Å². The third kappa shape index (κ3) is 5.49. The topological polar surface area (TPSA) is 60.9 Å². The summed E-state index contributed by atoms with van der Waals surface area (Å²) >= 11 is 0. The number of likely N-dealkylation sites (N-methyl/N-ethyl adjacent to an activating group) is 1. The Morgan fingerprint density at radius 2 is 1.96 bits per heavy atom. The first-order valence-electron chi connectivity index (χ1n) is 8.58. The first-order chi connectivity index (χ1) is 11.9. The van der Waals surface area contributed by atoms with Crippen molar-refractivity contribution >= 4 is 11.9 Å². The minimum atomic E-state index is -0.850. The average molecular weight is 354 g/mol. The van der Waals surface area contributed by atoms with E-state index in [-0.39, 0.29) is 36.9 Å². The third-order valence-corrected chi connectivity index (χ3v) is 4.69. The molecule has 1 aromatic carbocycles. The summed E-state index contributed by atoms with van der Waals surface area (Å²) in [6, 6.07) is 3.41. The molecule has 7 heteroatoms. The van der Waals surface area contributed by atoms with E-state index in [0.29, 0.717) is 19.6 Å². The number of likely N-dealkylation sites (tertiary alicyclic amines) is 1. The molecule has 5 nitrogen and oxygen atoms in total. The zero-order valence-corrected chi connectivity index (χ0v) is 14.4. The number of carboxylic acid groups (broad SMARTS) is 1. The standard InChI is InChI=1S/C18H24F2N2O3/c1-2-21(12-18(24)25)15-7-9-22(10-8-15)17(23)6-3-13-11-14(19)4-5-16(13)20/h4-5,11,15H,2-3,6-10,12H2,1H3,(H,24,25). The molecule has 1 aliphatic heterocycles. The van der Waals surface area contributed by atoms with Crippen LogP contribution in [0.3, 0.4) is 0 Å². The molecule has 0 bridgehead atoms. The molecule has 0 spiro atoms. The van der Waals surface area contributed by atoms with Gasteiger partial charge in [0.1, 0.15) is 11.6 Å². The summed E-state index contributed by atoms with van der Waals surface area (Å²) in [5.74, 6) is -1.94. The molecule has 1 amide bonds. The van der Waals surface area contributed by atoms with E-state index in [1.165, 1.54) is 0 Å². The van der Waals surface area contributed by atoms with E-state index < -0.39 is 17.6 Å². The fourth-order valence-corrected chi connectivity index (χ4v) is 3.29. The van der Waals surface area contributed by atoms with Gasteiger partial charge in [-0.1, -0.05) is 6.92 Å². The summed E-state index contributed by atoms with van der Waals surface area (Å²) in [6.45, 7) is 3.71. The van der Waals surface area contributed by atoms with Crippen LogP contribution in [-0.2, 0) is 16.0 Å². The molecule has 1 heterocycles. The molecule has 0 radical (unpaired) electrons. The highest BCUT2D eigenvalue weighted by atomic mass is 19.1. The Labute approximate surface area is 146 Å². The minimum absolute atomic E-state index is 0.00790. The van der Waals surface area contributed by atoms with Crippen molar-refractivity contribution in [3.63, 3.8) is 0 Å². The number of carbonyl (C=O) groups excluding carboxylic acids is 1. The Morgan fingerprint density at radius 1 is 1.28 bits per heavy atom. The molecule has 1 aliphatic rings. The fourth-order valence-electron chi connectivity index (χ4n) is 3.29. The second kappa shape index (κ2) is 8.89. The van der Waals surface area contributed by atoms with Crippen LogP contribution in [0.25, 0.3) is 0 Å². The average Bonchev–Trinajstić information content (AvgIpc) is 2.60. The summed E-state index contributed by atoms with van der Waals surface area (Å²) in [5.41, 5.74) is 0.210. The Morgan fingerprint density at radius 3 is 2.56 bits per heavy atom. The molecule has 0 unspecified atom stereocenters. The van der Waals surface area contributed by atoms with Gasteiger partial charge in [-0.25, -0.2) is 8.78 Å². The molecule has 1 aromatic rings. The van der Waals surface area contributed by atoms with Crippen molar-refractivity contribution in [3.05, 3.63) is 35.4 Å². The van der Waals surface area contributed by atoms with E-state index in [0.717, 1.165) is 31.0 Å². The van der Waals surface area contributed by atoms with Crippen LogP contribution in [0.15, 0.2) is 18.2 Å². The van der Waals surface area contributed by atoms with Crippen molar-refractivity contribution in [2.45, 2.75) is 38.6 Å². The summed E-state index contributed by atoms with van der Waals surface area (Å²) in [6.07, 6.45) is 1.75. The number of hydrogen-bond donors (Lipinski definition) is 1. The number of benzene rings is 1. The van der Waals surface area contributed by atoms with Crippen LogP contribution in [-0.4, -0.2) is 59.0 Å². The van der Waals surface area contributed by atoms with Gasteiger partial charge < -0.3 is 10.0 Å². The lowest BCUT2D eigenvalue weighted by Gasteiger charge is -2.37. The quantitative estimate of drug-likeness (QED) is 0.816. The normalized spacial score (nSPS) is 15.6. The van der Waals surface area contributed by atoms with E-state index in [9.17, 15) is 18.4 Å². The van der Waals surface area contributed by atoms with Gasteiger partial charge in [0, 0.05) is 25.6 Å². The lowest BCUT2D eigenvalue weighted by atomic mass is 10.0. The maximum absolute atomic E-state index is 13.6. The Hall–Kier alpha value is -2.02. The van der Waals surface area contributed by atoms with Crippen molar-refractivity contribution in [2.75, 3.05) is 26.2 Å². The second-order valence-electron chi connectivity index (χ2n) is 6.30. The maximum atomic E-state index is 13.6. The molecule has 0 aromatic heterocycles. The number of carboxylic acids is 1. The molecule has 2 rings (SSSR count). The monoisotopic (exact) mass is 354 g/mol. The van der Waals surface area contributed by atoms with Gasteiger partial charge in [-0.05, 0) is 49.6 Å². The van der Waals surface area contributed by atoms with Gasteiger partial charge in [0.15, 0.2) is 0 Å².